The van der Waals surface area contributed by atoms with Crippen molar-refractivity contribution in [1.29, 1.82) is 0 Å². The van der Waals surface area contributed by atoms with Crippen molar-refractivity contribution in [3.63, 3.8) is 0 Å². The molecule has 0 spiro atoms. The van der Waals surface area contributed by atoms with Gasteiger partial charge in [0.15, 0.2) is 5.17 Å². The second-order valence-electron chi connectivity index (χ2n) is 4.25. The highest BCUT2D eigenvalue weighted by atomic mass is 32.2. The van der Waals surface area contributed by atoms with Crippen molar-refractivity contribution in [2.45, 2.75) is 24.4 Å². The van der Waals surface area contributed by atoms with Crippen LogP contribution in [0.3, 0.4) is 0 Å². The first kappa shape index (κ1) is 14.2. The number of aliphatic imine (C=N–C) groups is 1. The van der Waals surface area contributed by atoms with E-state index < -0.39 is 24.4 Å². The van der Waals surface area contributed by atoms with Crippen molar-refractivity contribution in [2.75, 3.05) is 6.26 Å². The van der Waals surface area contributed by atoms with Gasteiger partial charge >= 0.3 is 6.18 Å². The third-order valence-electron chi connectivity index (χ3n) is 2.92. The first-order valence-corrected chi connectivity index (χ1v) is 6.82. The number of rotatable bonds is 1. The van der Waals surface area contributed by atoms with E-state index in [0.29, 0.717) is 5.56 Å². The summed E-state index contributed by atoms with van der Waals surface area (Å²) >= 11 is 1.04. The van der Waals surface area contributed by atoms with Gasteiger partial charge in [-0.3, -0.25) is 4.99 Å². The number of nitrogens with zero attached hydrogens (tertiary/aromatic N) is 1. The summed E-state index contributed by atoms with van der Waals surface area (Å²) in [6.07, 6.45) is -3.68. The third-order valence-corrected chi connectivity index (χ3v) is 3.52. The third kappa shape index (κ3) is 2.87. The summed E-state index contributed by atoms with van der Waals surface area (Å²) in [5.41, 5.74) is -2.29. The molecular weight excluding hydrogens is 277 g/mol. The zero-order valence-corrected chi connectivity index (χ0v) is 10.9. The van der Waals surface area contributed by atoms with Gasteiger partial charge in [-0.1, -0.05) is 42.1 Å². The molecule has 2 rings (SSSR count). The molecule has 0 aliphatic carbocycles. The van der Waals surface area contributed by atoms with Crippen LogP contribution in [-0.2, 0) is 0 Å². The molecule has 19 heavy (non-hydrogen) atoms. The lowest BCUT2D eigenvalue weighted by Gasteiger charge is -2.37. The van der Waals surface area contributed by atoms with Crippen LogP contribution in [0.4, 0.5) is 13.2 Å². The van der Waals surface area contributed by atoms with E-state index >= 15 is 0 Å². The summed E-state index contributed by atoms with van der Waals surface area (Å²) in [4.78, 5) is 4.19. The lowest BCUT2D eigenvalue weighted by Crippen LogP contribution is -2.60. The Morgan fingerprint density at radius 1 is 1.37 bits per heavy atom. The van der Waals surface area contributed by atoms with Gasteiger partial charge < -0.3 is 10.4 Å². The van der Waals surface area contributed by atoms with Gasteiger partial charge in [-0.15, -0.1) is 0 Å². The lowest BCUT2D eigenvalue weighted by atomic mass is 9.95. The Labute approximate surface area is 112 Å². The van der Waals surface area contributed by atoms with Crippen LogP contribution in [0, 0.1) is 0 Å². The zero-order valence-electron chi connectivity index (χ0n) is 10.1. The molecule has 1 aliphatic heterocycles. The molecule has 2 atom stereocenters. The van der Waals surface area contributed by atoms with Crippen LogP contribution in [0.25, 0.3) is 0 Å². The molecule has 104 valence electrons. The summed E-state index contributed by atoms with van der Waals surface area (Å²) in [5.74, 6) is 0. The van der Waals surface area contributed by atoms with Gasteiger partial charge in [0.2, 0.25) is 5.72 Å². The Morgan fingerprint density at radius 2 is 2.00 bits per heavy atom. The molecule has 0 saturated heterocycles. The second kappa shape index (κ2) is 5.05. The van der Waals surface area contributed by atoms with E-state index in [1.807, 2.05) is 0 Å². The minimum Gasteiger partial charge on any atom is -0.363 e. The summed E-state index contributed by atoms with van der Waals surface area (Å²) < 4.78 is 38.8. The van der Waals surface area contributed by atoms with Crippen LogP contribution < -0.4 is 5.32 Å². The number of thioether (sulfide) groups is 1. The van der Waals surface area contributed by atoms with Crippen molar-refractivity contribution in [3.8, 4) is 0 Å². The van der Waals surface area contributed by atoms with Crippen LogP contribution in [-0.4, -0.2) is 28.4 Å². The Kier molecular flexibility index (Phi) is 3.78. The van der Waals surface area contributed by atoms with E-state index in [0.717, 1.165) is 11.8 Å². The molecule has 1 aromatic rings. The van der Waals surface area contributed by atoms with Crippen LogP contribution in [0.5, 0.6) is 0 Å². The molecule has 3 nitrogen and oxygen atoms in total. The predicted molar refractivity (Wildman–Crippen MR) is 68.9 cm³/mol. The Balaban J connectivity index is 2.36. The van der Waals surface area contributed by atoms with Crippen molar-refractivity contribution in [1.82, 2.24) is 5.32 Å². The molecule has 7 heteroatoms. The van der Waals surface area contributed by atoms with Crippen molar-refractivity contribution < 1.29 is 18.3 Å². The monoisotopic (exact) mass is 290 g/mol. The fourth-order valence-electron chi connectivity index (χ4n) is 1.89. The number of hydrogen-bond acceptors (Lipinski definition) is 4. The van der Waals surface area contributed by atoms with Gasteiger partial charge in [0.25, 0.3) is 0 Å². The molecule has 0 bridgehead atoms. The quantitative estimate of drug-likeness (QED) is 0.836. The standard InChI is InChI=1S/C12H13F3N2OS/c1-19-10-16-9(8-5-3-2-4-6-8)7-11(18,17-10)12(13,14)15/h2-6,9,18H,7H2,1H3,(H,16,17). The van der Waals surface area contributed by atoms with Crippen LogP contribution >= 0.6 is 11.8 Å². The minimum atomic E-state index is -4.75. The molecule has 0 fully saturated rings. The fraction of sp³-hybridized carbons (Fsp3) is 0.417. The average molecular weight is 290 g/mol. The van der Waals surface area contributed by atoms with Gasteiger partial charge in [-0.25, -0.2) is 0 Å². The van der Waals surface area contributed by atoms with Gasteiger partial charge in [0.1, 0.15) is 0 Å². The van der Waals surface area contributed by atoms with E-state index in [-0.39, 0.29) is 5.17 Å². The Morgan fingerprint density at radius 3 is 2.53 bits per heavy atom. The minimum absolute atomic E-state index is 0.0833. The summed E-state index contributed by atoms with van der Waals surface area (Å²) in [6.45, 7) is 0. The van der Waals surface area contributed by atoms with Crippen LogP contribution in [0.1, 0.15) is 18.0 Å². The Bertz CT molecular complexity index is 478. The normalized spacial score (nSPS) is 27.6. The van der Waals surface area contributed by atoms with Gasteiger partial charge in [-0.05, 0) is 11.8 Å². The number of hydrogen-bond donors (Lipinski definition) is 2. The van der Waals surface area contributed by atoms with Crippen molar-refractivity contribution >= 4 is 16.9 Å². The number of amidine groups is 1. The first-order valence-electron chi connectivity index (χ1n) is 5.60. The first-order chi connectivity index (χ1) is 8.86. The van der Waals surface area contributed by atoms with Gasteiger partial charge in [-0.2, -0.15) is 13.2 Å². The SMILES string of the molecule is CSC1=NC(c2ccccc2)CC(O)(C(F)(F)F)N1. The van der Waals surface area contributed by atoms with Crippen molar-refractivity contribution in [3.05, 3.63) is 35.9 Å². The number of aliphatic hydroxyl groups is 1. The maximum absolute atomic E-state index is 12.9. The maximum Gasteiger partial charge on any atom is 0.436 e. The fourth-order valence-corrected chi connectivity index (χ4v) is 2.39. The van der Waals surface area contributed by atoms with Crippen LogP contribution in [0.15, 0.2) is 35.3 Å². The summed E-state index contributed by atoms with van der Waals surface area (Å²) in [7, 11) is 0. The molecule has 0 aromatic heterocycles. The van der Waals surface area contributed by atoms with E-state index in [4.69, 9.17) is 0 Å². The van der Waals surface area contributed by atoms with E-state index in [2.05, 4.69) is 10.3 Å². The average Bonchev–Trinajstić information content (AvgIpc) is 2.38. The Hall–Kier alpha value is -1.21. The molecule has 0 amide bonds. The van der Waals surface area contributed by atoms with E-state index in [1.165, 1.54) is 0 Å². The van der Waals surface area contributed by atoms with E-state index in [1.54, 1.807) is 36.6 Å². The molecule has 2 N–H and O–H groups in total. The topological polar surface area (TPSA) is 44.6 Å². The molecule has 2 unspecified atom stereocenters. The van der Waals surface area contributed by atoms with E-state index in [9.17, 15) is 18.3 Å². The molecule has 1 heterocycles. The largest absolute Gasteiger partial charge is 0.436 e. The highest BCUT2D eigenvalue weighted by Crippen LogP contribution is 2.40. The van der Waals surface area contributed by atoms with Crippen LogP contribution in [0.2, 0.25) is 0 Å². The van der Waals surface area contributed by atoms with Gasteiger partial charge in [0, 0.05) is 6.42 Å². The highest BCUT2D eigenvalue weighted by molar-refractivity contribution is 8.13. The second-order valence-corrected chi connectivity index (χ2v) is 5.05. The number of benzene rings is 1. The zero-order chi connectivity index (χ0) is 14.1. The number of halogens is 3. The lowest BCUT2D eigenvalue weighted by molar-refractivity contribution is -0.271. The van der Waals surface area contributed by atoms with Gasteiger partial charge in [0.05, 0.1) is 6.04 Å². The number of nitrogens with one attached hydrogen (secondary N) is 1. The molecule has 1 aromatic carbocycles. The predicted octanol–water partition coefficient (Wildman–Crippen LogP) is 2.69. The highest BCUT2D eigenvalue weighted by Gasteiger charge is 2.57. The summed E-state index contributed by atoms with van der Waals surface area (Å²) in [5, 5.41) is 12.0. The molecule has 1 aliphatic rings. The molecule has 0 radical (unpaired) electrons. The smallest absolute Gasteiger partial charge is 0.363 e. The molecule has 0 saturated carbocycles. The molecular formula is C12H13F3N2OS. The summed E-state index contributed by atoms with van der Waals surface area (Å²) in [6, 6.07) is 7.94. The maximum atomic E-state index is 12.9. The number of alkyl halides is 3. The van der Waals surface area contributed by atoms with Crippen molar-refractivity contribution in [2.24, 2.45) is 4.99 Å².